The summed E-state index contributed by atoms with van der Waals surface area (Å²) >= 11 is 0. The van der Waals surface area contributed by atoms with E-state index in [0.717, 1.165) is 17.5 Å². The van der Waals surface area contributed by atoms with Crippen molar-refractivity contribution in [3.63, 3.8) is 0 Å². The second-order valence-electron chi connectivity index (χ2n) is 10.4. The van der Waals surface area contributed by atoms with Crippen molar-refractivity contribution in [2.75, 3.05) is 6.54 Å². The minimum Gasteiger partial charge on any atom is -0.480 e. The van der Waals surface area contributed by atoms with E-state index >= 15 is 0 Å². The standard InChI is InChI=1S/C30H43N5O5/c1-20(2)17-24(33-27(36)23(32)15-9-10-16-31)28(37)34-25(18-21-11-5-3-6-12-21)29(38)35-26(30(39)40)19-22-13-7-4-8-14-22/h3-8,11-14,20,23-26H,9-10,15-19,31-32H2,1-2H3,(H,33,36)(H,34,37)(H,35,38)(H,39,40). The molecular formula is C30H43N5O5. The lowest BCUT2D eigenvalue weighted by Gasteiger charge is -2.26. The molecule has 2 aromatic rings. The van der Waals surface area contributed by atoms with Crippen LogP contribution in [0.1, 0.15) is 50.7 Å². The number of aliphatic carboxylic acids is 1. The first-order chi connectivity index (χ1) is 19.1. The van der Waals surface area contributed by atoms with Gasteiger partial charge in [-0.25, -0.2) is 4.79 Å². The van der Waals surface area contributed by atoms with Crippen LogP contribution in [0.5, 0.6) is 0 Å². The van der Waals surface area contributed by atoms with E-state index in [0.29, 0.717) is 25.8 Å². The first kappa shape index (κ1) is 32.5. The molecule has 2 rings (SSSR count). The number of carboxylic acids is 1. The fraction of sp³-hybridized carbons (Fsp3) is 0.467. The summed E-state index contributed by atoms with van der Waals surface area (Å²) in [5.74, 6) is -2.74. The molecule has 0 spiro atoms. The van der Waals surface area contributed by atoms with Gasteiger partial charge in [0, 0.05) is 12.8 Å². The zero-order chi connectivity index (χ0) is 29.5. The van der Waals surface area contributed by atoms with Gasteiger partial charge in [0.05, 0.1) is 6.04 Å². The number of carbonyl (C=O) groups is 4. The average molecular weight is 554 g/mol. The van der Waals surface area contributed by atoms with Crippen LogP contribution in [-0.2, 0) is 32.0 Å². The van der Waals surface area contributed by atoms with Crippen molar-refractivity contribution >= 4 is 23.7 Å². The number of nitrogens with two attached hydrogens (primary N) is 2. The minimum atomic E-state index is -1.19. The van der Waals surface area contributed by atoms with E-state index < -0.39 is 47.9 Å². The second kappa shape index (κ2) is 17.0. The second-order valence-corrected chi connectivity index (χ2v) is 10.4. The summed E-state index contributed by atoms with van der Waals surface area (Å²) in [6.45, 7) is 4.34. The van der Waals surface area contributed by atoms with E-state index in [9.17, 15) is 24.3 Å². The van der Waals surface area contributed by atoms with Gasteiger partial charge in [-0.3, -0.25) is 14.4 Å². The van der Waals surface area contributed by atoms with Crippen molar-refractivity contribution in [1.29, 1.82) is 0 Å². The fourth-order valence-electron chi connectivity index (χ4n) is 4.27. The molecule has 0 aliphatic rings. The summed E-state index contributed by atoms with van der Waals surface area (Å²) in [6, 6.07) is 14.1. The molecule has 4 unspecified atom stereocenters. The highest BCUT2D eigenvalue weighted by molar-refractivity contribution is 5.94. The van der Waals surface area contributed by atoms with Gasteiger partial charge >= 0.3 is 5.97 Å². The summed E-state index contributed by atoms with van der Waals surface area (Å²) in [6.07, 6.45) is 2.43. The van der Waals surface area contributed by atoms with E-state index in [1.54, 1.807) is 24.3 Å². The number of carbonyl (C=O) groups excluding carboxylic acids is 3. The highest BCUT2D eigenvalue weighted by Crippen LogP contribution is 2.10. The number of carboxylic acid groups (broad SMARTS) is 1. The van der Waals surface area contributed by atoms with Crippen LogP contribution >= 0.6 is 0 Å². The lowest BCUT2D eigenvalue weighted by atomic mass is 10.00. The molecular weight excluding hydrogens is 510 g/mol. The first-order valence-electron chi connectivity index (χ1n) is 13.8. The summed E-state index contributed by atoms with van der Waals surface area (Å²) in [7, 11) is 0. The molecule has 0 radical (unpaired) electrons. The molecule has 0 aliphatic carbocycles. The molecule has 0 saturated heterocycles. The summed E-state index contributed by atoms with van der Waals surface area (Å²) in [5, 5.41) is 17.9. The minimum absolute atomic E-state index is 0.0631. The maximum absolute atomic E-state index is 13.4. The molecule has 0 saturated carbocycles. The van der Waals surface area contributed by atoms with Gasteiger partial charge in [0.15, 0.2) is 0 Å². The van der Waals surface area contributed by atoms with Crippen LogP contribution in [-0.4, -0.2) is 59.5 Å². The molecule has 10 nitrogen and oxygen atoms in total. The van der Waals surface area contributed by atoms with E-state index in [-0.39, 0.29) is 18.8 Å². The first-order valence-corrected chi connectivity index (χ1v) is 13.8. The quantitative estimate of drug-likeness (QED) is 0.161. The van der Waals surface area contributed by atoms with E-state index in [2.05, 4.69) is 16.0 Å². The van der Waals surface area contributed by atoms with Crippen LogP contribution in [0.15, 0.2) is 60.7 Å². The summed E-state index contributed by atoms with van der Waals surface area (Å²) in [4.78, 5) is 51.6. The lowest BCUT2D eigenvalue weighted by molar-refractivity contribution is -0.142. The van der Waals surface area contributed by atoms with Crippen molar-refractivity contribution < 1.29 is 24.3 Å². The van der Waals surface area contributed by atoms with Gasteiger partial charge < -0.3 is 32.5 Å². The molecule has 0 aliphatic heterocycles. The molecule has 0 heterocycles. The van der Waals surface area contributed by atoms with Crippen LogP contribution < -0.4 is 27.4 Å². The van der Waals surface area contributed by atoms with Crippen molar-refractivity contribution in [2.24, 2.45) is 17.4 Å². The Balaban J connectivity index is 2.20. The molecule has 10 heteroatoms. The van der Waals surface area contributed by atoms with Crippen LogP contribution in [0.2, 0.25) is 0 Å². The molecule has 0 bridgehead atoms. The van der Waals surface area contributed by atoms with Crippen molar-refractivity contribution in [3.05, 3.63) is 71.8 Å². The number of hydrogen-bond donors (Lipinski definition) is 6. The number of hydrogen-bond acceptors (Lipinski definition) is 6. The number of nitrogens with one attached hydrogen (secondary N) is 3. The predicted octanol–water partition coefficient (Wildman–Crippen LogP) is 1.51. The van der Waals surface area contributed by atoms with Gasteiger partial charge in [-0.2, -0.15) is 0 Å². The van der Waals surface area contributed by atoms with Gasteiger partial charge in [0.25, 0.3) is 0 Å². The van der Waals surface area contributed by atoms with Crippen LogP contribution in [0.25, 0.3) is 0 Å². The Morgan fingerprint density at radius 1 is 0.725 bits per heavy atom. The molecule has 8 N–H and O–H groups in total. The van der Waals surface area contributed by atoms with Gasteiger partial charge in [-0.15, -0.1) is 0 Å². The third-order valence-corrected chi connectivity index (χ3v) is 6.46. The number of unbranched alkanes of at least 4 members (excludes halogenated alkanes) is 1. The van der Waals surface area contributed by atoms with Gasteiger partial charge in [0.2, 0.25) is 17.7 Å². The Morgan fingerprint density at radius 3 is 1.70 bits per heavy atom. The topological polar surface area (TPSA) is 177 Å². The Labute approximate surface area is 236 Å². The molecule has 0 fully saturated rings. The van der Waals surface area contributed by atoms with Crippen LogP contribution in [0.4, 0.5) is 0 Å². The number of benzene rings is 2. The average Bonchev–Trinajstić information content (AvgIpc) is 2.92. The zero-order valence-corrected chi connectivity index (χ0v) is 23.3. The zero-order valence-electron chi connectivity index (χ0n) is 23.3. The largest absolute Gasteiger partial charge is 0.480 e. The van der Waals surface area contributed by atoms with Crippen molar-refractivity contribution in [1.82, 2.24) is 16.0 Å². The SMILES string of the molecule is CC(C)CC(NC(=O)C(N)CCCCN)C(=O)NC(Cc1ccccc1)C(=O)NC(Cc1ccccc1)C(=O)O. The smallest absolute Gasteiger partial charge is 0.326 e. The number of rotatable bonds is 17. The Bertz CT molecular complexity index is 1080. The molecule has 218 valence electrons. The van der Waals surface area contributed by atoms with Crippen molar-refractivity contribution in [3.8, 4) is 0 Å². The van der Waals surface area contributed by atoms with E-state index in [1.165, 1.54) is 0 Å². The van der Waals surface area contributed by atoms with Crippen LogP contribution in [0, 0.1) is 5.92 Å². The highest BCUT2D eigenvalue weighted by Gasteiger charge is 2.31. The molecule has 0 aromatic heterocycles. The van der Waals surface area contributed by atoms with Crippen molar-refractivity contribution in [2.45, 2.75) is 76.5 Å². The maximum atomic E-state index is 13.4. The molecule has 3 amide bonds. The third kappa shape index (κ3) is 11.5. The molecule has 2 aromatic carbocycles. The van der Waals surface area contributed by atoms with E-state index in [4.69, 9.17) is 11.5 Å². The van der Waals surface area contributed by atoms with Crippen LogP contribution in [0.3, 0.4) is 0 Å². The fourth-order valence-corrected chi connectivity index (χ4v) is 4.27. The summed E-state index contributed by atoms with van der Waals surface area (Å²) in [5.41, 5.74) is 13.1. The Kier molecular flexibility index (Phi) is 13.8. The lowest BCUT2D eigenvalue weighted by Crippen LogP contribution is -2.58. The predicted molar refractivity (Wildman–Crippen MR) is 154 cm³/mol. The van der Waals surface area contributed by atoms with Gasteiger partial charge in [-0.1, -0.05) is 80.9 Å². The van der Waals surface area contributed by atoms with E-state index in [1.807, 2.05) is 50.2 Å². The number of amides is 3. The monoisotopic (exact) mass is 553 g/mol. The molecule has 40 heavy (non-hydrogen) atoms. The highest BCUT2D eigenvalue weighted by atomic mass is 16.4. The molecule has 4 atom stereocenters. The van der Waals surface area contributed by atoms with Gasteiger partial charge in [-0.05, 0) is 42.9 Å². The summed E-state index contributed by atoms with van der Waals surface area (Å²) < 4.78 is 0. The maximum Gasteiger partial charge on any atom is 0.326 e. The Morgan fingerprint density at radius 2 is 1.20 bits per heavy atom. The normalized spacial score (nSPS) is 14.0. The van der Waals surface area contributed by atoms with Gasteiger partial charge in [0.1, 0.15) is 18.1 Å². The third-order valence-electron chi connectivity index (χ3n) is 6.46. The Hall–Kier alpha value is -3.76.